The van der Waals surface area contributed by atoms with Gasteiger partial charge in [0.05, 0.1) is 13.2 Å². The molecule has 1 unspecified atom stereocenters. The topological polar surface area (TPSA) is 33.3 Å². The molecule has 1 aromatic rings. The fourth-order valence-electron chi connectivity index (χ4n) is 1.79. The Hall–Kier alpha value is -0.420. The zero-order chi connectivity index (χ0) is 11.2. The van der Waals surface area contributed by atoms with Crippen LogP contribution in [-0.2, 0) is 11.3 Å². The fraction of sp³-hybridized carbons (Fsp3) is 0.500. The molecule has 3 nitrogen and oxygen atoms in total. The van der Waals surface area contributed by atoms with Crippen molar-refractivity contribution >= 4 is 15.9 Å². The molecule has 0 aliphatic carbocycles. The van der Waals surface area contributed by atoms with Crippen LogP contribution in [0, 0.1) is 0 Å². The second-order valence-electron chi connectivity index (χ2n) is 3.99. The van der Waals surface area contributed by atoms with Gasteiger partial charge < -0.3 is 15.4 Å². The van der Waals surface area contributed by atoms with E-state index < -0.39 is 0 Å². The van der Waals surface area contributed by atoms with Crippen LogP contribution in [0.1, 0.15) is 5.56 Å². The third-order valence-corrected chi connectivity index (χ3v) is 3.10. The van der Waals surface area contributed by atoms with E-state index in [1.54, 1.807) is 0 Å². The average molecular weight is 285 g/mol. The van der Waals surface area contributed by atoms with Gasteiger partial charge in [0.1, 0.15) is 0 Å². The Morgan fingerprint density at radius 1 is 1.50 bits per heavy atom. The molecule has 1 atom stereocenters. The minimum Gasteiger partial charge on any atom is -0.378 e. The monoisotopic (exact) mass is 284 g/mol. The van der Waals surface area contributed by atoms with Crippen LogP contribution in [0.15, 0.2) is 28.7 Å². The third-order valence-electron chi connectivity index (χ3n) is 2.61. The summed E-state index contributed by atoms with van der Waals surface area (Å²) >= 11 is 3.47. The van der Waals surface area contributed by atoms with Crippen LogP contribution in [-0.4, -0.2) is 32.3 Å². The van der Waals surface area contributed by atoms with Crippen molar-refractivity contribution in [2.75, 3.05) is 26.3 Å². The van der Waals surface area contributed by atoms with Crippen LogP contribution in [0.5, 0.6) is 0 Å². The third kappa shape index (κ3) is 3.87. The first-order valence-corrected chi connectivity index (χ1v) is 6.40. The van der Waals surface area contributed by atoms with Crippen molar-refractivity contribution in [2.45, 2.75) is 12.6 Å². The zero-order valence-corrected chi connectivity index (χ0v) is 10.8. The molecule has 2 rings (SSSR count). The van der Waals surface area contributed by atoms with E-state index in [1.807, 2.05) is 6.07 Å². The van der Waals surface area contributed by atoms with Gasteiger partial charge in [-0.3, -0.25) is 0 Å². The Morgan fingerprint density at radius 2 is 2.44 bits per heavy atom. The maximum atomic E-state index is 5.39. The normalized spacial score (nSPS) is 20.9. The summed E-state index contributed by atoms with van der Waals surface area (Å²) in [7, 11) is 0. The van der Waals surface area contributed by atoms with E-state index in [0.717, 1.165) is 37.3 Å². The Bertz CT molecular complexity index is 327. The summed E-state index contributed by atoms with van der Waals surface area (Å²) < 4.78 is 6.52. The number of nitrogens with one attached hydrogen (secondary N) is 2. The highest BCUT2D eigenvalue weighted by Gasteiger charge is 2.11. The van der Waals surface area contributed by atoms with Crippen molar-refractivity contribution in [2.24, 2.45) is 0 Å². The largest absolute Gasteiger partial charge is 0.378 e. The highest BCUT2D eigenvalue weighted by atomic mass is 79.9. The standard InChI is InChI=1S/C12H17BrN2O/c13-11-3-1-2-10(6-11)7-14-8-12-9-16-5-4-15-12/h1-3,6,12,14-15H,4-5,7-9H2. The van der Waals surface area contributed by atoms with Crippen LogP contribution < -0.4 is 10.6 Å². The molecule has 1 fully saturated rings. The van der Waals surface area contributed by atoms with Gasteiger partial charge in [-0.15, -0.1) is 0 Å². The van der Waals surface area contributed by atoms with Gasteiger partial charge in [0.15, 0.2) is 0 Å². The highest BCUT2D eigenvalue weighted by molar-refractivity contribution is 9.10. The van der Waals surface area contributed by atoms with Crippen molar-refractivity contribution in [3.05, 3.63) is 34.3 Å². The minimum atomic E-state index is 0.445. The summed E-state index contributed by atoms with van der Waals surface area (Å²) in [6.07, 6.45) is 0. The Kier molecular flexibility index (Phi) is 4.78. The highest BCUT2D eigenvalue weighted by Crippen LogP contribution is 2.11. The summed E-state index contributed by atoms with van der Waals surface area (Å²) in [5.41, 5.74) is 1.30. The lowest BCUT2D eigenvalue weighted by Gasteiger charge is -2.24. The lowest BCUT2D eigenvalue weighted by molar-refractivity contribution is 0.0766. The van der Waals surface area contributed by atoms with Crippen LogP contribution in [0.4, 0.5) is 0 Å². The SMILES string of the molecule is Brc1cccc(CNCC2COCCN2)c1. The van der Waals surface area contributed by atoms with Gasteiger partial charge in [-0.25, -0.2) is 0 Å². The molecule has 0 spiro atoms. The van der Waals surface area contributed by atoms with Crippen molar-refractivity contribution in [3.63, 3.8) is 0 Å². The Morgan fingerprint density at radius 3 is 3.19 bits per heavy atom. The van der Waals surface area contributed by atoms with E-state index in [-0.39, 0.29) is 0 Å². The van der Waals surface area contributed by atoms with Gasteiger partial charge in [0, 0.05) is 30.1 Å². The van der Waals surface area contributed by atoms with E-state index in [2.05, 4.69) is 44.8 Å². The molecule has 1 aliphatic heterocycles. The van der Waals surface area contributed by atoms with E-state index >= 15 is 0 Å². The lowest BCUT2D eigenvalue weighted by Crippen LogP contribution is -2.47. The number of ether oxygens (including phenoxy) is 1. The first-order chi connectivity index (χ1) is 7.84. The fourth-order valence-corrected chi connectivity index (χ4v) is 2.24. The van der Waals surface area contributed by atoms with Crippen LogP contribution >= 0.6 is 15.9 Å². The molecule has 4 heteroatoms. The first kappa shape index (κ1) is 12.0. The Balaban J connectivity index is 1.71. The van der Waals surface area contributed by atoms with Crippen molar-refractivity contribution in [1.29, 1.82) is 0 Å². The molecule has 16 heavy (non-hydrogen) atoms. The van der Waals surface area contributed by atoms with Crippen molar-refractivity contribution in [3.8, 4) is 0 Å². The molecule has 88 valence electrons. The number of hydrogen-bond donors (Lipinski definition) is 2. The summed E-state index contributed by atoms with van der Waals surface area (Å²) in [5, 5.41) is 6.86. The number of halogens is 1. The molecule has 0 saturated carbocycles. The second-order valence-corrected chi connectivity index (χ2v) is 4.90. The molecule has 1 aliphatic rings. The van der Waals surface area contributed by atoms with Gasteiger partial charge in [0.2, 0.25) is 0 Å². The number of morpholine rings is 1. The summed E-state index contributed by atoms with van der Waals surface area (Å²) in [5.74, 6) is 0. The number of hydrogen-bond acceptors (Lipinski definition) is 3. The molecular weight excluding hydrogens is 268 g/mol. The van der Waals surface area contributed by atoms with Gasteiger partial charge in [-0.05, 0) is 17.7 Å². The van der Waals surface area contributed by atoms with E-state index in [0.29, 0.717) is 6.04 Å². The average Bonchev–Trinajstić information content (AvgIpc) is 2.30. The van der Waals surface area contributed by atoms with Crippen molar-refractivity contribution in [1.82, 2.24) is 10.6 Å². The number of rotatable bonds is 4. The molecule has 0 radical (unpaired) electrons. The molecule has 1 aromatic carbocycles. The van der Waals surface area contributed by atoms with Gasteiger partial charge in [-0.1, -0.05) is 28.1 Å². The molecule has 1 heterocycles. The van der Waals surface area contributed by atoms with Gasteiger partial charge in [-0.2, -0.15) is 0 Å². The first-order valence-electron chi connectivity index (χ1n) is 5.61. The smallest absolute Gasteiger partial charge is 0.0632 e. The van der Waals surface area contributed by atoms with E-state index in [4.69, 9.17) is 4.74 Å². The van der Waals surface area contributed by atoms with Crippen LogP contribution in [0.2, 0.25) is 0 Å². The zero-order valence-electron chi connectivity index (χ0n) is 9.21. The van der Waals surface area contributed by atoms with Crippen molar-refractivity contribution < 1.29 is 4.74 Å². The van der Waals surface area contributed by atoms with E-state index in [9.17, 15) is 0 Å². The predicted molar refractivity (Wildman–Crippen MR) is 68.5 cm³/mol. The van der Waals surface area contributed by atoms with E-state index in [1.165, 1.54) is 5.56 Å². The second kappa shape index (κ2) is 6.35. The van der Waals surface area contributed by atoms with Gasteiger partial charge in [0.25, 0.3) is 0 Å². The summed E-state index contributed by atoms with van der Waals surface area (Å²) in [4.78, 5) is 0. The quantitative estimate of drug-likeness (QED) is 0.880. The molecule has 1 saturated heterocycles. The molecular formula is C12H17BrN2O. The number of benzene rings is 1. The van der Waals surface area contributed by atoms with Crippen LogP contribution in [0.3, 0.4) is 0 Å². The minimum absolute atomic E-state index is 0.445. The maximum Gasteiger partial charge on any atom is 0.0632 e. The predicted octanol–water partition coefficient (Wildman–Crippen LogP) is 1.53. The van der Waals surface area contributed by atoms with Gasteiger partial charge >= 0.3 is 0 Å². The Labute approximate surface area is 105 Å². The summed E-state index contributed by atoms with van der Waals surface area (Å²) in [6.45, 7) is 4.46. The molecule has 0 bridgehead atoms. The molecule has 2 N–H and O–H groups in total. The van der Waals surface area contributed by atoms with Crippen LogP contribution in [0.25, 0.3) is 0 Å². The molecule has 0 amide bonds. The lowest BCUT2D eigenvalue weighted by atomic mass is 10.2. The molecule has 0 aromatic heterocycles. The maximum absolute atomic E-state index is 5.39. The summed E-state index contributed by atoms with van der Waals surface area (Å²) in [6, 6.07) is 8.81.